The maximum Gasteiger partial charge on any atom is 0.236 e. The van der Waals surface area contributed by atoms with Crippen LogP contribution >= 0.6 is 0 Å². The van der Waals surface area contributed by atoms with Crippen LogP contribution in [0.3, 0.4) is 0 Å². The quantitative estimate of drug-likeness (QED) is 0.663. The van der Waals surface area contributed by atoms with Crippen LogP contribution in [0.4, 0.5) is 0 Å². The van der Waals surface area contributed by atoms with E-state index in [1.54, 1.807) is 0 Å². The summed E-state index contributed by atoms with van der Waals surface area (Å²) in [5.41, 5.74) is 0. The zero-order valence-electron chi connectivity index (χ0n) is 8.83. The smallest absolute Gasteiger partial charge is 0.236 e. The van der Waals surface area contributed by atoms with E-state index in [4.69, 9.17) is 0 Å². The third-order valence-corrected chi connectivity index (χ3v) is 3.02. The lowest BCUT2D eigenvalue weighted by Gasteiger charge is -2.29. The fraction of sp³-hybridized carbons (Fsp3) is 0.900. The van der Waals surface area contributed by atoms with E-state index < -0.39 is 0 Å². The Morgan fingerprint density at radius 3 is 2.64 bits per heavy atom. The first kappa shape index (κ1) is 9.93. The fourth-order valence-electron chi connectivity index (χ4n) is 1.87. The van der Waals surface area contributed by atoms with Gasteiger partial charge in [0, 0.05) is 32.2 Å². The van der Waals surface area contributed by atoms with Crippen LogP contribution in [0, 0.1) is 0 Å². The highest BCUT2D eigenvalue weighted by molar-refractivity contribution is 5.78. The van der Waals surface area contributed by atoms with Gasteiger partial charge in [0.2, 0.25) is 5.91 Å². The molecule has 4 heteroatoms. The maximum absolute atomic E-state index is 11.8. The van der Waals surface area contributed by atoms with Crippen LogP contribution in [-0.2, 0) is 4.79 Å². The Labute approximate surface area is 85.2 Å². The molecule has 0 bridgehead atoms. The molecule has 2 rings (SSSR count). The first-order valence-electron chi connectivity index (χ1n) is 5.46. The molecule has 14 heavy (non-hydrogen) atoms. The zero-order chi connectivity index (χ0) is 9.97. The van der Waals surface area contributed by atoms with Crippen molar-refractivity contribution in [2.75, 3.05) is 39.8 Å². The van der Waals surface area contributed by atoms with Crippen molar-refractivity contribution in [1.29, 1.82) is 0 Å². The van der Waals surface area contributed by atoms with Crippen LogP contribution in [0.5, 0.6) is 0 Å². The Kier molecular flexibility index (Phi) is 3.03. The monoisotopic (exact) mass is 197 g/mol. The molecule has 0 radical (unpaired) electrons. The molecular weight excluding hydrogens is 178 g/mol. The number of hydrogen-bond donors (Lipinski definition) is 1. The number of likely N-dealkylation sites (N-methyl/N-ethyl adjacent to an activating group) is 1. The summed E-state index contributed by atoms with van der Waals surface area (Å²) in [5, 5.41) is 3.25. The topological polar surface area (TPSA) is 35.6 Å². The third-order valence-electron chi connectivity index (χ3n) is 3.02. The number of carbonyl (C=O) groups excluding carboxylic acids is 1. The van der Waals surface area contributed by atoms with Crippen molar-refractivity contribution < 1.29 is 4.79 Å². The zero-order valence-corrected chi connectivity index (χ0v) is 8.83. The van der Waals surface area contributed by atoms with Gasteiger partial charge in [0.25, 0.3) is 0 Å². The van der Waals surface area contributed by atoms with Gasteiger partial charge in [-0.1, -0.05) is 0 Å². The van der Waals surface area contributed by atoms with Gasteiger partial charge >= 0.3 is 0 Å². The standard InChI is InChI=1S/C10H19N3O/c1-12(9-2-3-9)8-10(14)13-6-4-11-5-7-13/h9,11H,2-8H2,1H3. The van der Waals surface area contributed by atoms with Gasteiger partial charge in [-0.05, 0) is 19.9 Å². The van der Waals surface area contributed by atoms with Gasteiger partial charge in [-0.15, -0.1) is 0 Å². The summed E-state index contributed by atoms with van der Waals surface area (Å²) in [7, 11) is 2.05. The van der Waals surface area contributed by atoms with Gasteiger partial charge in [-0.25, -0.2) is 0 Å². The molecule has 1 amide bonds. The normalized spacial score (nSPS) is 22.9. The van der Waals surface area contributed by atoms with E-state index in [0.717, 1.165) is 26.2 Å². The molecule has 1 aliphatic carbocycles. The lowest BCUT2D eigenvalue weighted by Crippen LogP contribution is -2.49. The molecule has 1 heterocycles. The minimum Gasteiger partial charge on any atom is -0.339 e. The summed E-state index contributed by atoms with van der Waals surface area (Å²) in [6.07, 6.45) is 2.54. The number of amides is 1. The van der Waals surface area contributed by atoms with E-state index in [1.165, 1.54) is 12.8 Å². The molecule has 2 aliphatic rings. The van der Waals surface area contributed by atoms with E-state index in [9.17, 15) is 4.79 Å². The highest BCUT2D eigenvalue weighted by atomic mass is 16.2. The average molecular weight is 197 g/mol. The molecule has 0 aromatic rings. The predicted molar refractivity (Wildman–Crippen MR) is 55.1 cm³/mol. The molecular formula is C10H19N3O. The van der Waals surface area contributed by atoms with E-state index in [2.05, 4.69) is 17.3 Å². The molecule has 80 valence electrons. The summed E-state index contributed by atoms with van der Waals surface area (Å²) in [6, 6.07) is 0.682. The number of nitrogens with zero attached hydrogens (tertiary/aromatic N) is 2. The molecule has 0 unspecified atom stereocenters. The van der Waals surface area contributed by atoms with Crippen molar-refractivity contribution in [3.8, 4) is 0 Å². The van der Waals surface area contributed by atoms with Crippen molar-refractivity contribution in [2.45, 2.75) is 18.9 Å². The summed E-state index contributed by atoms with van der Waals surface area (Å²) in [6.45, 7) is 4.23. The minimum absolute atomic E-state index is 0.293. The van der Waals surface area contributed by atoms with Crippen LogP contribution in [0.2, 0.25) is 0 Å². The highest BCUT2D eigenvalue weighted by Crippen LogP contribution is 2.24. The molecule has 1 N–H and O–H groups in total. The lowest BCUT2D eigenvalue weighted by molar-refractivity contribution is -0.132. The van der Waals surface area contributed by atoms with Crippen molar-refractivity contribution in [2.24, 2.45) is 0 Å². The molecule has 4 nitrogen and oxygen atoms in total. The lowest BCUT2D eigenvalue weighted by atomic mass is 10.3. The Morgan fingerprint density at radius 2 is 2.07 bits per heavy atom. The molecule has 1 aliphatic heterocycles. The number of piperazine rings is 1. The molecule has 0 atom stereocenters. The Hall–Kier alpha value is -0.610. The number of hydrogen-bond acceptors (Lipinski definition) is 3. The fourth-order valence-corrected chi connectivity index (χ4v) is 1.87. The molecule has 0 spiro atoms. The third kappa shape index (κ3) is 2.45. The van der Waals surface area contributed by atoms with Crippen LogP contribution < -0.4 is 5.32 Å². The predicted octanol–water partition coefficient (Wildman–Crippen LogP) is -0.488. The van der Waals surface area contributed by atoms with Crippen molar-refractivity contribution >= 4 is 5.91 Å². The van der Waals surface area contributed by atoms with Gasteiger partial charge in [-0.3, -0.25) is 9.69 Å². The van der Waals surface area contributed by atoms with Gasteiger partial charge in [0.05, 0.1) is 6.54 Å². The van der Waals surface area contributed by atoms with E-state index in [0.29, 0.717) is 18.5 Å². The average Bonchev–Trinajstić information content (AvgIpc) is 3.02. The SMILES string of the molecule is CN(CC(=O)N1CCNCC1)C1CC1. The van der Waals surface area contributed by atoms with Gasteiger partial charge in [-0.2, -0.15) is 0 Å². The molecule has 0 aromatic carbocycles. The molecule has 0 aromatic heterocycles. The van der Waals surface area contributed by atoms with Crippen LogP contribution in [0.1, 0.15) is 12.8 Å². The molecule has 1 saturated carbocycles. The van der Waals surface area contributed by atoms with Crippen LogP contribution in [0.15, 0.2) is 0 Å². The summed E-state index contributed by atoms with van der Waals surface area (Å²) >= 11 is 0. The largest absolute Gasteiger partial charge is 0.339 e. The Morgan fingerprint density at radius 1 is 1.43 bits per heavy atom. The van der Waals surface area contributed by atoms with E-state index in [-0.39, 0.29) is 0 Å². The highest BCUT2D eigenvalue weighted by Gasteiger charge is 2.28. The van der Waals surface area contributed by atoms with Crippen molar-refractivity contribution in [3.63, 3.8) is 0 Å². The summed E-state index contributed by atoms with van der Waals surface area (Å²) < 4.78 is 0. The Bertz CT molecular complexity index is 209. The van der Waals surface area contributed by atoms with Gasteiger partial charge in [0.1, 0.15) is 0 Å². The van der Waals surface area contributed by atoms with Crippen LogP contribution in [0.25, 0.3) is 0 Å². The minimum atomic E-state index is 0.293. The number of carbonyl (C=O) groups is 1. The maximum atomic E-state index is 11.8. The summed E-state index contributed by atoms with van der Waals surface area (Å²) in [5.74, 6) is 0.293. The first-order valence-corrected chi connectivity index (χ1v) is 5.46. The number of rotatable bonds is 3. The molecule has 1 saturated heterocycles. The van der Waals surface area contributed by atoms with Crippen molar-refractivity contribution in [3.05, 3.63) is 0 Å². The second kappa shape index (κ2) is 4.28. The van der Waals surface area contributed by atoms with Gasteiger partial charge < -0.3 is 10.2 Å². The van der Waals surface area contributed by atoms with E-state index in [1.807, 2.05) is 4.90 Å². The second-order valence-corrected chi connectivity index (χ2v) is 4.28. The Balaban J connectivity index is 1.75. The number of nitrogens with one attached hydrogen (secondary N) is 1. The second-order valence-electron chi connectivity index (χ2n) is 4.28. The van der Waals surface area contributed by atoms with Crippen LogP contribution in [-0.4, -0.2) is 61.5 Å². The van der Waals surface area contributed by atoms with E-state index >= 15 is 0 Å². The molecule has 2 fully saturated rings. The first-order chi connectivity index (χ1) is 6.77. The van der Waals surface area contributed by atoms with Crippen molar-refractivity contribution in [1.82, 2.24) is 15.1 Å². The summed E-state index contributed by atoms with van der Waals surface area (Å²) in [4.78, 5) is 15.9. The van der Waals surface area contributed by atoms with Gasteiger partial charge in [0.15, 0.2) is 0 Å².